The van der Waals surface area contributed by atoms with Crippen LogP contribution in [0.2, 0.25) is 18.1 Å². The second-order valence-corrected chi connectivity index (χ2v) is 14.8. The van der Waals surface area contributed by atoms with Crippen molar-refractivity contribution in [2.45, 2.75) is 76.6 Å². The summed E-state index contributed by atoms with van der Waals surface area (Å²) in [4.78, 5) is 11.8. The number of hydrogen-bond donors (Lipinski definition) is 1. The molecule has 0 saturated carbocycles. The van der Waals surface area contributed by atoms with Crippen LogP contribution in [0.5, 0.6) is 5.75 Å². The van der Waals surface area contributed by atoms with Gasteiger partial charge in [0.05, 0.1) is 6.61 Å². The highest BCUT2D eigenvalue weighted by molar-refractivity contribution is 6.74. The van der Waals surface area contributed by atoms with Gasteiger partial charge in [-0.3, -0.25) is 0 Å². The van der Waals surface area contributed by atoms with E-state index in [9.17, 15) is 31.9 Å². The lowest BCUT2D eigenvalue weighted by Gasteiger charge is -2.36. The number of rotatable bonds is 7. The molecule has 33 heavy (non-hydrogen) atoms. The van der Waals surface area contributed by atoms with E-state index in [0.29, 0.717) is 0 Å². The van der Waals surface area contributed by atoms with Crippen LogP contribution in [0.4, 0.5) is 22.0 Å². The highest BCUT2D eigenvalue weighted by Crippen LogP contribution is 2.54. The first kappa shape index (κ1) is 27.5. The van der Waals surface area contributed by atoms with Gasteiger partial charge in [0.25, 0.3) is 0 Å². The average molecular weight is 499 g/mol. The van der Waals surface area contributed by atoms with Gasteiger partial charge in [-0.1, -0.05) is 33.8 Å². The van der Waals surface area contributed by atoms with Crippen LogP contribution in [-0.2, 0) is 14.0 Å². The number of alkyl halides is 3. The normalized spacial score (nSPS) is 26.5. The zero-order valence-corrected chi connectivity index (χ0v) is 20.8. The van der Waals surface area contributed by atoms with Crippen LogP contribution in [-0.4, -0.2) is 50.5 Å². The van der Waals surface area contributed by atoms with Gasteiger partial charge in [0.2, 0.25) is 5.82 Å². The highest BCUT2D eigenvalue weighted by atomic mass is 28.4. The summed E-state index contributed by atoms with van der Waals surface area (Å²) in [5.74, 6) is -7.80. The van der Waals surface area contributed by atoms with Crippen LogP contribution in [0.1, 0.15) is 46.1 Å². The van der Waals surface area contributed by atoms with Crippen LogP contribution in [0.15, 0.2) is 12.1 Å². The average Bonchev–Trinajstić information content (AvgIpc) is 2.94. The number of carboxylic acid groups (broad SMARTS) is 1. The summed E-state index contributed by atoms with van der Waals surface area (Å²) in [7, 11) is -2.15. The third kappa shape index (κ3) is 5.19. The number of benzene rings is 1. The molecule has 1 heterocycles. The molecule has 1 N–H and O–H groups in total. The van der Waals surface area contributed by atoms with Crippen LogP contribution >= 0.6 is 0 Å². The molecule has 4 atom stereocenters. The number of ether oxygens (including phenoxy) is 2. The first-order chi connectivity index (χ1) is 14.8. The molecular weight excluding hydrogens is 467 g/mol. The van der Waals surface area contributed by atoms with E-state index >= 15 is 0 Å². The second-order valence-electron chi connectivity index (χ2n) is 10.0. The quantitative estimate of drug-likeness (QED) is 0.289. The minimum Gasteiger partial charge on any atom is -0.488 e. The van der Waals surface area contributed by atoms with E-state index in [1.807, 2.05) is 33.9 Å². The molecule has 1 aliphatic heterocycles. The van der Waals surface area contributed by atoms with Gasteiger partial charge in [-0.2, -0.15) is 17.6 Å². The summed E-state index contributed by atoms with van der Waals surface area (Å²) < 4.78 is 86.2. The predicted octanol–water partition coefficient (Wildman–Crippen LogP) is 5.89. The molecule has 0 aromatic heterocycles. The lowest BCUT2D eigenvalue weighted by molar-refractivity contribution is -0.273. The Labute approximate surface area is 191 Å². The SMILES string of the molecule is C[C@H]1[C@@H](c2ccc(F)c(F)c2OCCO[Si](C)(C)C(C)(C)C)[C@H](C(=O)O)O[C@@]1(C)C(F)(F)F. The lowest BCUT2D eigenvalue weighted by atomic mass is 9.77. The molecule has 0 bridgehead atoms. The maximum absolute atomic E-state index is 14.7. The summed E-state index contributed by atoms with van der Waals surface area (Å²) in [6.45, 7) is 11.8. The van der Waals surface area contributed by atoms with E-state index in [1.165, 1.54) is 6.92 Å². The van der Waals surface area contributed by atoms with Crippen LogP contribution < -0.4 is 4.74 Å². The van der Waals surface area contributed by atoms with Crippen molar-refractivity contribution in [1.82, 2.24) is 0 Å². The topological polar surface area (TPSA) is 65.0 Å². The zero-order chi connectivity index (χ0) is 25.6. The summed E-state index contributed by atoms with van der Waals surface area (Å²) in [5, 5.41) is 9.44. The fourth-order valence-corrected chi connectivity index (χ4v) is 4.65. The first-order valence-corrected chi connectivity index (χ1v) is 13.5. The Hall–Kier alpha value is -1.72. The third-order valence-corrected chi connectivity index (χ3v) is 11.5. The van der Waals surface area contributed by atoms with Crippen LogP contribution in [0.25, 0.3) is 0 Å². The fourth-order valence-electron chi connectivity index (χ4n) is 3.62. The Morgan fingerprint density at radius 2 is 1.76 bits per heavy atom. The Kier molecular flexibility index (Phi) is 7.62. The van der Waals surface area contributed by atoms with Crippen molar-refractivity contribution in [2.24, 2.45) is 5.92 Å². The molecule has 11 heteroatoms. The fraction of sp³-hybridized carbons (Fsp3) is 0.682. The molecule has 5 nitrogen and oxygen atoms in total. The Balaban J connectivity index is 2.39. The van der Waals surface area contributed by atoms with Crippen molar-refractivity contribution in [1.29, 1.82) is 0 Å². The van der Waals surface area contributed by atoms with E-state index in [0.717, 1.165) is 19.1 Å². The largest absolute Gasteiger partial charge is 0.488 e. The van der Waals surface area contributed by atoms with Gasteiger partial charge < -0.3 is 19.0 Å². The lowest BCUT2D eigenvalue weighted by Crippen LogP contribution is -2.47. The minimum absolute atomic E-state index is 0.0469. The summed E-state index contributed by atoms with van der Waals surface area (Å²) >= 11 is 0. The molecule has 0 aliphatic carbocycles. The molecular formula is C22H31F5O5Si. The first-order valence-electron chi connectivity index (χ1n) is 10.6. The number of hydrogen-bond acceptors (Lipinski definition) is 4. The molecule has 1 aliphatic rings. The molecule has 1 saturated heterocycles. The molecule has 0 amide bonds. The summed E-state index contributed by atoms with van der Waals surface area (Å²) in [5.41, 5.74) is -3.00. The summed E-state index contributed by atoms with van der Waals surface area (Å²) in [6, 6.07) is 1.78. The van der Waals surface area contributed by atoms with Gasteiger partial charge in [0.15, 0.2) is 31.6 Å². The standard InChI is InChI=1S/C22H31F5O5Si/c1-12-15(18(19(28)29)32-21(12,5)22(25,26)27)13-8-9-14(23)16(24)17(13)30-10-11-31-33(6,7)20(2,3)4/h8-9,12,15,18H,10-11H2,1-7H3,(H,28,29)/t12-,15-,18+,21+/m0/s1. The molecule has 0 radical (unpaired) electrons. The second kappa shape index (κ2) is 9.14. The monoisotopic (exact) mass is 498 g/mol. The Morgan fingerprint density at radius 1 is 1.18 bits per heavy atom. The molecule has 0 unspecified atom stereocenters. The third-order valence-electron chi connectivity index (χ3n) is 6.95. The number of halogens is 5. The van der Waals surface area contributed by atoms with Gasteiger partial charge in [0.1, 0.15) is 6.61 Å². The van der Waals surface area contributed by atoms with Crippen molar-refractivity contribution < 1.29 is 45.8 Å². The number of carboxylic acids is 1. The van der Waals surface area contributed by atoms with Crippen molar-refractivity contribution in [3.63, 3.8) is 0 Å². The van der Waals surface area contributed by atoms with Gasteiger partial charge in [-0.25, -0.2) is 9.18 Å². The van der Waals surface area contributed by atoms with Crippen molar-refractivity contribution in [2.75, 3.05) is 13.2 Å². The molecule has 2 rings (SSSR count). The Bertz CT molecular complexity index is 883. The van der Waals surface area contributed by atoms with E-state index in [2.05, 4.69) is 0 Å². The van der Waals surface area contributed by atoms with Crippen molar-refractivity contribution >= 4 is 14.3 Å². The predicted molar refractivity (Wildman–Crippen MR) is 114 cm³/mol. The molecule has 1 aromatic rings. The molecule has 1 fully saturated rings. The Morgan fingerprint density at radius 3 is 2.24 bits per heavy atom. The van der Waals surface area contributed by atoms with E-state index in [4.69, 9.17) is 13.9 Å². The van der Waals surface area contributed by atoms with Crippen LogP contribution in [0, 0.1) is 17.6 Å². The number of carbonyl (C=O) groups is 1. The van der Waals surface area contributed by atoms with Gasteiger partial charge >= 0.3 is 12.1 Å². The van der Waals surface area contributed by atoms with E-state index in [1.54, 1.807) is 0 Å². The van der Waals surface area contributed by atoms with Gasteiger partial charge in [-0.05, 0) is 31.1 Å². The van der Waals surface area contributed by atoms with Gasteiger partial charge in [0, 0.05) is 17.4 Å². The smallest absolute Gasteiger partial charge is 0.417 e. The van der Waals surface area contributed by atoms with Crippen LogP contribution in [0.3, 0.4) is 0 Å². The molecule has 0 spiro atoms. The maximum Gasteiger partial charge on any atom is 0.417 e. The zero-order valence-electron chi connectivity index (χ0n) is 19.8. The molecule has 188 valence electrons. The highest BCUT2D eigenvalue weighted by Gasteiger charge is 2.66. The summed E-state index contributed by atoms with van der Waals surface area (Å²) in [6.07, 6.45) is -6.81. The maximum atomic E-state index is 14.7. The van der Waals surface area contributed by atoms with E-state index < -0.39 is 61.4 Å². The van der Waals surface area contributed by atoms with Crippen molar-refractivity contribution in [3.05, 3.63) is 29.3 Å². The van der Waals surface area contributed by atoms with Crippen molar-refractivity contribution in [3.8, 4) is 5.75 Å². The minimum atomic E-state index is -4.88. The number of aliphatic carboxylic acids is 1. The molecule has 1 aromatic carbocycles. The van der Waals surface area contributed by atoms with E-state index in [-0.39, 0.29) is 23.8 Å². The van der Waals surface area contributed by atoms with Gasteiger partial charge in [-0.15, -0.1) is 0 Å².